The van der Waals surface area contributed by atoms with Crippen LogP contribution in [0, 0.1) is 11.8 Å². The van der Waals surface area contributed by atoms with E-state index < -0.39 is 5.41 Å². The lowest BCUT2D eigenvalue weighted by Crippen LogP contribution is -2.26. The molecule has 0 aromatic heterocycles. The molecule has 0 N–H and O–H groups in total. The van der Waals surface area contributed by atoms with Crippen LogP contribution in [0.5, 0.6) is 5.75 Å². The predicted molar refractivity (Wildman–Crippen MR) is 104 cm³/mol. The summed E-state index contributed by atoms with van der Waals surface area (Å²) in [6.45, 7) is 1.98. The first-order chi connectivity index (χ1) is 12.7. The highest BCUT2D eigenvalue weighted by Crippen LogP contribution is 2.28. The average Bonchev–Trinajstić information content (AvgIpc) is 2.69. The van der Waals surface area contributed by atoms with E-state index in [2.05, 4.69) is 11.8 Å². The molecular weight excluding hydrogens is 320 g/mol. The van der Waals surface area contributed by atoms with Crippen molar-refractivity contribution in [1.82, 2.24) is 0 Å². The van der Waals surface area contributed by atoms with Crippen LogP contribution in [0.3, 0.4) is 0 Å². The summed E-state index contributed by atoms with van der Waals surface area (Å²) < 4.78 is 5.48. The Morgan fingerprint density at radius 3 is 2.00 bits per heavy atom. The number of para-hydroxylation sites is 1. The van der Waals surface area contributed by atoms with Crippen molar-refractivity contribution in [3.05, 3.63) is 102 Å². The Kier molecular flexibility index (Phi) is 5.51. The fraction of sp³-hybridized carbons (Fsp3) is 0.125. The predicted octanol–water partition coefficient (Wildman–Crippen LogP) is 4.99. The first kappa shape index (κ1) is 17.5. The van der Waals surface area contributed by atoms with E-state index in [0.717, 1.165) is 11.1 Å². The molecule has 0 saturated heterocycles. The summed E-state index contributed by atoms with van der Waals surface area (Å²) in [7, 11) is 0. The van der Waals surface area contributed by atoms with Crippen LogP contribution in [-0.4, -0.2) is 5.97 Å². The second kappa shape index (κ2) is 8.18. The highest BCUT2D eigenvalue weighted by Gasteiger charge is 2.28. The molecule has 0 aliphatic rings. The highest BCUT2D eigenvalue weighted by molar-refractivity contribution is 5.75. The molecule has 0 radical (unpaired) electrons. The van der Waals surface area contributed by atoms with E-state index in [9.17, 15) is 4.79 Å². The van der Waals surface area contributed by atoms with Crippen LogP contribution in [0.1, 0.15) is 24.5 Å². The summed E-state index contributed by atoms with van der Waals surface area (Å²) in [5.74, 6) is 6.73. The van der Waals surface area contributed by atoms with Crippen LogP contribution in [0.4, 0.5) is 0 Å². The number of benzene rings is 3. The lowest BCUT2D eigenvalue weighted by atomic mass is 9.80. The standard InChI is InChI=1S/C24H20O2/c1-24(21-13-7-3-8-14-21,18-17-20-11-5-2-6-12-20)19-23(25)26-22-15-9-4-10-16-22/h2-16H,19H2,1H3. The normalized spacial score (nSPS) is 12.3. The smallest absolute Gasteiger partial charge is 0.313 e. The van der Waals surface area contributed by atoms with E-state index in [-0.39, 0.29) is 12.4 Å². The van der Waals surface area contributed by atoms with E-state index in [1.807, 2.05) is 85.8 Å². The van der Waals surface area contributed by atoms with Crippen molar-refractivity contribution >= 4 is 5.97 Å². The van der Waals surface area contributed by atoms with Gasteiger partial charge in [-0.1, -0.05) is 78.6 Å². The van der Waals surface area contributed by atoms with Crippen molar-refractivity contribution in [3.63, 3.8) is 0 Å². The van der Waals surface area contributed by atoms with E-state index in [0.29, 0.717) is 5.75 Å². The van der Waals surface area contributed by atoms with E-state index >= 15 is 0 Å². The number of esters is 1. The molecule has 0 amide bonds. The van der Waals surface area contributed by atoms with E-state index in [1.54, 1.807) is 12.1 Å². The molecule has 3 aromatic carbocycles. The SMILES string of the molecule is CC(C#Cc1ccccc1)(CC(=O)Oc1ccccc1)c1ccccc1. The Hall–Kier alpha value is -3.31. The van der Waals surface area contributed by atoms with Crippen molar-refractivity contribution in [2.45, 2.75) is 18.8 Å². The molecule has 3 rings (SSSR count). The first-order valence-electron chi connectivity index (χ1n) is 8.55. The summed E-state index contributed by atoms with van der Waals surface area (Å²) in [6, 6.07) is 28.8. The number of rotatable bonds is 4. The first-order valence-corrected chi connectivity index (χ1v) is 8.55. The van der Waals surface area contributed by atoms with Gasteiger partial charge in [0.25, 0.3) is 0 Å². The maximum absolute atomic E-state index is 12.5. The molecule has 0 fully saturated rings. The molecule has 1 atom stereocenters. The van der Waals surface area contributed by atoms with Gasteiger partial charge in [-0.25, -0.2) is 0 Å². The van der Waals surface area contributed by atoms with Crippen molar-refractivity contribution in [1.29, 1.82) is 0 Å². The van der Waals surface area contributed by atoms with Crippen LogP contribution in [0.25, 0.3) is 0 Å². The Morgan fingerprint density at radius 1 is 0.846 bits per heavy atom. The Balaban J connectivity index is 1.86. The fourth-order valence-corrected chi connectivity index (χ4v) is 2.70. The lowest BCUT2D eigenvalue weighted by Gasteiger charge is -2.23. The third-order valence-corrected chi connectivity index (χ3v) is 4.14. The molecule has 26 heavy (non-hydrogen) atoms. The van der Waals surface area contributed by atoms with E-state index in [1.165, 1.54) is 0 Å². The lowest BCUT2D eigenvalue weighted by molar-refractivity contribution is -0.135. The number of hydrogen-bond acceptors (Lipinski definition) is 2. The third-order valence-electron chi connectivity index (χ3n) is 4.14. The fourth-order valence-electron chi connectivity index (χ4n) is 2.70. The summed E-state index contributed by atoms with van der Waals surface area (Å²) in [5.41, 5.74) is 1.28. The number of carbonyl (C=O) groups is 1. The van der Waals surface area contributed by atoms with Gasteiger partial charge in [0, 0.05) is 5.56 Å². The molecule has 2 nitrogen and oxygen atoms in total. The average molecular weight is 340 g/mol. The van der Waals surface area contributed by atoms with Gasteiger partial charge in [0.15, 0.2) is 0 Å². The van der Waals surface area contributed by atoms with Crippen LogP contribution < -0.4 is 4.74 Å². The Labute approximate surface area is 154 Å². The molecule has 0 heterocycles. The van der Waals surface area contributed by atoms with Gasteiger partial charge in [-0.05, 0) is 36.8 Å². The van der Waals surface area contributed by atoms with Gasteiger partial charge in [-0.2, -0.15) is 0 Å². The van der Waals surface area contributed by atoms with Crippen LogP contribution in [0.15, 0.2) is 91.0 Å². The maximum atomic E-state index is 12.5. The molecule has 128 valence electrons. The van der Waals surface area contributed by atoms with Crippen molar-refractivity contribution in [2.24, 2.45) is 0 Å². The van der Waals surface area contributed by atoms with Gasteiger partial charge in [0.2, 0.25) is 0 Å². The molecule has 0 spiro atoms. The van der Waals surface area contributed by atoms with Gasteiger partial charge < -0.3 is 4.74 Å². The zero-order chi connectivity index (χ0) is 18.2. The summed E-state index contributed by atoms with van der Waals surface area (Å²) in [6.07, 6.45) is 0.172. The zero-order valence-corrected chi connectivity index (χ0v) is 14.7. The van der Waals surface area contributed by atoms with Gasteiger partial charge in [0.1, 0.15) is 5.75 Å². The quantitative estimate of drug-likeness (QED) is 0.380. The second-order valence-corrected chi connectivity index (χ2v) is 6.28. The molecule has 3 aromatic rings. The van der Waals surface area contributed by atoms with Crippen LogP contribution >= 0.6 is 0 Å². The highest BCUT2D eigenvalue weighted by atomic mass is 16.5. The Bertz CT molecular complexity index is 906. The van der Waals surface area contributed by atoms with Gasteiger partial charge in [-0.3, -0.25) is 4.79 Å². The van der Waals surface area contributed by atoms with E-state index in [4.69, 9.17) is 4.74 Å². The maximum Gasteiger partial charge on any atom is 0.313 e. The molecule has 2 heteroatoms. The summed E-state index contributed by atoms with van der Waals surface area (Å²) >= 11 is 0. The van der Waals surface area contributed by atoms with Crippen molar-refractivity contribution in [2.75, 3.05) is 0 Å². The molecule has 0 aliphatic heterocycles. The van der Waals surface area contributed by atoms with Gasteiger partial charge >= 0.3 is 5.97 Å². The second-order valence-electron chi connectivity index (χ2n) is 6.28. The summed E-state index contributed by atoms with van der Waals surface area (Å²) in [4.78, 5) is 12.5. The minimum atomic E-state index is -0.636. The van der Waals surface area contributed by atoms with Crippen molar-refractivity contribution < 1.29 is 9.53 Å². The van der Waals surface area contributed by atoms with Crippen LogP contribution in [-0.2, 0) is 10.2 Å². The van der Waals surface area contributed by atoms with Crippen molar-refractivity contribution in [3.8, 4) is 17.6 Å². The van der Waals surface area contributed by atoms with Gasteiger partial charge in [0.05, 0.1) is 11.8 Å². The zero-order valence-electron chi connectivity index (χ0n) is 14.7. The minimum absolute atomic E-state index is 0.172. The largest absolute Gasteiger partial charge is 0.426 e. The minimum Gasteiger partial charge on any atom is -0.426 e. The topological polar surface area (TPSA) is 26.3 Å². The molecule has 0 saturated carbocycles. The Morgan fingerprint density at radius 2 is 1.38 bits per heavy atom. The molecule has 1 unspecified atom stereocenters. The molecular formula is C24H20O2. The monoisotopic (exact) mass is 340 g/mol. The summed E-state index contributed by atoms with van der Waals surface area (Å²) in [5, 5.41) is 0. The third kappa shape index (κ3) is 4.62. The molecule has 0 bridgehead atoms. The number of hydrogen-bond donors (Lipinski definition) is 0. The molecule has 0 aliphatic carbocycles. The van der Waals surface area contributed by atoms with Gasteiger partial charge in [-0.15, -0.1) is 0 Å². The van der Waals surface area contributed by atoms with Crippen LogP contribution in [0.2, 0.25) is 0 Å². The number of ether oxygens (including phenoxy) is 1. The number of carbonyl (C=O) groups excluding carboxylic acids is 1.